The number of alkyl halides is 2. The van der Waals surface area contributed by atoms with Crippen LogP contribution in [0.25, 0.3) is 11.2 Å². The second kappa shape index (κ2) is 14.6. The fourth-order valence-electron chi connectivity index (χ4n) is 5.71. The highest BCUT2D eigenvalue weighted by molar-refractivity contribution is 8.54. The van der Waals surface area contributed by atoms with Crippen molar-refractivity contribution in [3.05, 3.63) is 75.6 Å². The number of anilines is 1. The molecular weight excluding hydrogens is 776 g/mol. The molecule has 0 radical (unpaired) electrons. The van der Waals surface area contributed by atoms with Gasteiger partial charge in [-0.15, -0.1) is 0 Å². The summed E-state index contributed by atoms with van der Waals surface area (Å²) >= 11 is 0.551. The third kappa shape index (κ3) is 7.78. The number of aromatic amines is 1. The number of phosphoric acid groups is 1. The van der Waals surface area contributed by atoms with E-state index in [2.05, 4.69) is 15.0 Å². The number of H-pyrrole nitrogens is 1. The molecule has 2 unspecified atom stereocenters. The molecule has 53 heavy (non-hydrogen) atoms. The highest BCUT2D eigenvalue weighted by atomic mass is 32.7. The summed E-state index contributed by atoms with van der Waals surface area (Å²) in [5, 5.41) is 0. The normalized spacial score (nSPS) is 33.4. The fourth-order valence-corrected chi connectivity index (χ4v) is 10.0. The van der Waals surface area contributed by atoms with Gasteiger partial charge in [-0.1, -0.05) is 12.1 Å². The lowest BCUT2D eigenvalue weighted by atomic mass is 10.1. The fraction of sp³-hybridized carbons (Fsp3) is 0.407. The van der Waals surface area contributed by atoms with E-state index in [-0.39, 0.29) is 28.5 Å². The van der Waals surface area contributed by atoms with Crippen molar-refractivity contribution in [1.29, 1.82) is 0 Å². The predicted molar refractivity (Wildman–Crippen MR) is 176 cm³/mol. The van der Waals surface area contributed by atoms with Crippen molar-refractivity contribution in [2.24, 2.45) is 5.73 Å². The van der Waals surface area contributed by atoms with Gasteiger partial charge in [-0.3, -0.25) is 37.0 Å². The van der Waals surface area contributed by atoms with Gasteiger partial charge in [-0.2, -0.15) is 0 Å². The number of fused-ring (bicyclic) bond motifs is 4. The van der Waals surface area contributed by atoms with E-state index in [0.717, 1.165) is 18.6 Å². The molecule has 284 valence electrons. The number of primary amides is 1. The molecule has 4 aromatic rings. The summed E-state index contributed by atoms with van der Waals surface area (Å²) in [6.45, 7) is -6.43. The zero-order chi connectivity index (χ0) is 37.7. The number of halogens is 2. The molecule has 10 atom stereocenters. The minimum absolute atomic E-state index is 0.0240. The number of rotatable bonds is 6. The maximum Gasteiger partial charge on any atom is 0.472 e. The first-order valence-corrected chi connectivity index (χ1v) is 20.0. The minimum atomic E-state index is -5.26. The molecule has 26 heteroatoms. The standard InChI is InChI=1S/C27H28F2N8O13P2S/c28-17-14-7-45-52(43,53-9-12-1-3-13(4-2-12)46-26(31)39)50-20-15(48-24(18(20)29)36-6-5-16(38)35-27(36)40)8-44-51(41,42)49-21(17)25(47-14)37-11-34-19-22(30)32-10-33-23(19)37/h1-6,10-11,14-15,17-18,20-21,24-25H,7-9H2,(H2,31,39)(H,41,42)(H2,30,32,33)(H,35,38,40)/t14-,15-,17-,18-,20-,21-,24-,25-,52?/m1/s1. The molecule has 6 heterocycles. The second-order valence-corrected chi connectivity index (χ2v) is 17.0. The zero-order valence-corrected chi connectivity index (χ0v) is 29.3. The van der Waals surface area contributed by atoms with E-state index in [1.807, 2.05) is 4.98 Å². The van der Waals surface area contributed by atoms with Gasteiger partial charge >= 0.3 is 26.4 Å². The highest BCUT2D eigenvalue weighted by Crippen LogP contribution is 2.64. The molecule has 3 aliphatic rings. The summed E-state index contributed by atoms with van der Waals surface area (Å²) < 4.78 is 100. The summed E-state index contributed by atoms with van der Waals surface area (Å²) in [4.78, 5) is 60.1. The maximum absolute atomic E-state index is 16.3. The molecule has 6 N–H and O–H groups in total. The lowest BCUT2D eigenvalue weighted by molar-refractivity contribution is -0.0640. The van der Waals surface area contributed by atoms with Crippen LogP contribution in [0.3, 0.4) is 0 Å². The number of nitrogens with zero attached hydrogens (tertiary/aromatic N) is 5. The number of imidazole rings is 1. The van der Waals surface area contributed by atoms with Crippen LogP contribution in [0.5, 0.6) is 5.75 Å². The molecule has 0 saturated carbocycles. The van der Waals surface area contributed by atoms with Gasteiger partial charge in [0.05, 0.1) is 19.5 Å². The van der Waals surface area contributed by atoms with Gasteiger partial charge in [0.1, 0.15) is 42.0 Å². The summed E-state index contributed by atoms with van der Waals surface area (Å²) in [6.07, 6.45) is -12.9. The molecule has 7 rings (SSSR count). The van der Waals surface area contributed by atoms with E-state index in [9.17, 15) is 28.4 Å². The van der Waals surface area contributed by atoms with Crippen molar-refractivity contribution in [2.45, 2.75) is 55.0 Å². The van der Waals surface area contributed by atoms with Crippen LogP contribution < -0.4 is 27.5 Å². The monoisotopic (exact) mass is 804 g/mol. The first-order chi connectivity index (χ1) is 25.2. The van der Waals surface area contributed by atoms with Crippen LogP contribution in [0, 0.1) is 0 Å². The van der Waals surface area contributed by atoms with Crippen LogP contribution in [0.15, 0.2) is 58.8 Å². The maximum atomic E-state index is 16.3. The Labute approximate surface area is 298 Å². The Kier molecular flexibility index (Phi) is 10.3. The Morgan fingerprint density at radius 3 is 2.45 bits per heavy atom. The number of ether oxygens (including phenoxy) is 3. The summed E-state index contributed by atoms with van der Waals surface area (Å²) in [5.74, 6) is -0.0405. The predicted octanol–water partition coefficient (Wildman–Crippen LogP) is 1.85. The Hall–Kier alpha value is -4.09. The molecule has 3 aromatic heterocycles. The lowest BCUT2D eigenvalue weighted by Gasteiger charge is -2.27. The molecule has 1 aromatic carbocycles. The molecule has 3 fully saturated rings. The van der Waals surface area contributed by atoms with Gasteiger partial charge in [0.15, 0.2) is 36.3 Å². The van der Waals surface area contributed by atoms with E-state index < -0.39 is 94.4 Å². The SMILES string of the molecule is NC(=O)Oc1ccc(CSP2(=O)OC[C@H]3O[C@@H](n4cnc5c(N)ncnc54)[C@H](OP(=O)(O)OC[C@H]4O[C@@H](n5ccc(=O)[nH]c5=O)[C@H](F)[C@@H]4O2)[C@@H]3F)cc1. The minimum Gasteiger partial charge on any atom is -0.411 e. The zero-order valence-electron chi connectivity index (χ0n) is 26.7. The Morgan fingerprint density at radius 1 is 0.981 bits per heavy atom. The van der Waals surface area contributed by atoms with Crippen LogP contribution in [0.4, 0.5) is 19.4 Å². The van der Waals surface area contributed by atoms with Crippen LogP contribution in [-0.4, -0.2) is 90.0 Å². The number of nitrogens with two attached hydrogens (primary N) is 2. The second-order valence-electron chi connectivity index (χ2n) is 11.6. The molecule has 21 nitrogen and oxygen atoms in total. The van der Waals surface area contributed by atoms with Crippen LogP contribution in [0.1, 0.15) is 18.0 Å². The van der Waals surface area contributed by atoms with Gasteiger partial charge < -0.3 is 30.6 Å². The lowest BCUT2D eigenvalue weighted by Crippen LogP contribution is -2.36. The molecule has 1 amide bonds. The summed E-state index contributed by atoms with van der Waals surface area (Å²) in [6, 6.07) is 6.72. The van der Waals surface area contributed by atoms with Gasteiger partial charge in [-0.25, -0.2) is 42.5 Å². The number of carbonyl (C=O) groups is 1. The Morgan fingerprint density at radius 2 is 1.72 bits per heavy atom. The van der Waals surface area contributed by atoms with Gasteiger partial charge in [0, 0.05) is 18.0 Å². The van der Waals surface area contributed by atoms with E-state index in [0.29, 0.717) is 21.5 Å². The topological polar surface area (TPSA) is 287 Å². The molecule has 3 aliphatic heterocycles. The first-order valence-electron chi connectivity index (χ1n) is 15.3. The summed E-state index contributed by atoms with van der Waals surface area (Å²) in [5.41, 5.74) is 9.71. The number of phosphoric ester groups is 1. The van der Waals surface area contributed by atoms with Crippen molar-refractivity contribution < 1.29 is 59.9 Å². The van der Waals surface area contributed by atoms with E-state index in [4.69, 9.17) is 43.8 Å². The average Bonchev–Trinajstić information content (AvgIpc) is 3.76. The van der Waals surface area contributed by atoms with Gasteiger partial charge in [-0.05, 0) is 29.1 Å². The van der Waals surface area contributed by atoms with Gasteiger partial charge in [0.25, 0.3) is 5.56 Å². The number of carbonyl (C=O) groups excluding carboxylic acids is 1. The third-order valence-corrected chi connectivity index (χ3v) is 12.8. The van der Waals surface area contributed by atoms with Crippen molar-refractivity contribution in [3.63, 3.8) is 0 Å². The number of nitrogens with one attached hydrogen (secondary N) is 1. The average molecular weight is 805 g/mol. The van der Waals surface area contributed by atoms with Crippen LogP contribution in [-0.2, 0) is 42.5 Å². The number of aromatic nitrogens is 6. The van der Waals surface area contributed by atoms with Crippen molar-refractivity contribution in [2.75, 3.05) is 18.9 Å². The third-order valence-electron chi connectivity index (χ3n) is 8.15. The van der Waals surface area contributed by atoms with E-state index >= 15 is 8.78 Å². The number of hydrogen-bond acceptors (Lipinski definition) is 17. The molecule has 0 aliphatic carbocycles. The van der Waals surface area contributed by atoms with Crippen molar-refractivity contribution >= 4 is 49.1 Å². The quantitative estimate of drug-likeness (QED) is 0.202. The number of nitrogen functional groups attached to an aromatic ring is 1. The van der Waals surface area contributed by atoms with Gasteiger partial charge in [0.2, 0.25) is 0 Å². The van der Waals surface area contributed by atoms with Crippen molar-refractivity contribution in [3.8, 4) is 5.75 Å². The first kappa shape index (κ1) is 37.2. The Balaban J connectivity index is 1.22. The molecule has 2 bridgehead atoms. The molecule has 3 saturated heterocycles. The number of amides is 1. The molecular formula is C27H28F2N8O13P2S. The molecule has 0 spiro atoms. The largest absolute Gasteiger partial charge is 0.472 e. The number of hydrogen-bond donors (Lipinski definition) is 4. The van der Waals surface area contributed by atoms with Crippen LogP contribution in [0.2, 0.25) is 0 Å². The number of benzene rings is 1. The highest BCUT2D eigenvalue weighted by Gasteiger charge is 2.55. The smallest absolute Gasteiger partial charge is 0.411 e. The summed E-state index contributed by atoms with van der Waals surface area (Å²) in [7, 11) is -5.26. The van der Waals surface area contributed by atoms with E-state index in [1.165, 1.54) is 35.2 Å². The van der Waals surface area contributed by atoms with Crippen molar-refractivity contribution in [1.82, 2.24) is 29.1 Å². The van der Waals surface area contributed by atoms with Crippen LogP contribution >= 0.6 is 26.0 Å². The van der Waals surface area contributed by atoms with E-state index in [1.54, 1.807) is 0 Å². The Bertz CT molecular complexity index is 2230.